The molecule has 110 valence electrons. The van der Waals surface area contributed by atoms with Gasteiger partial charge in [-0.3, -0.25) is 0 Å². The first-order valence-electron chi connectivity index (χ1n) is 7.69. The molecule has 2 aliphatic carbocycles. The first kappa shape index (κ1) is 12.7. The van der Waals surface area contributed by atoms with Gasteiger partial charge in [-0.1, -0.05) is 30.1 Å². The van der Waals surface area contributed by atoms with Crippen LogP contribution in [0.1, 0.15) is 37.4 Å². The Labute approximate surface area is 124 Å². The largest absolute Gasteiger partial charge is 0.497 e. The Balaban J connectivity index is 1.74. The van der Waals surface area contributed by atoms with Crippen LogP contribution >= 0.6 is 0 Å². The Hall–Kier alpha value is -1.97. The van der Waals surface area contributed by atoms with E-state index in [0.717, 1.165) is 34.5 Å². The molecule has 2 aliphatic rings. The summed E-state index contributed by atoms with van der Waals surface area (Å²) in [5.74, 6) is 4.36. The summed E-state index contributed by atoms with van der Waals surface area (Å²) in [6.45, 7) is 0. The fraction of sp³-hybridized carbons (Fsp3) is 0.471. The third-order valence-electron chi connectivity index (χ3n) is 5.06. The van der Waals surface area contributed by atoms with Crippen molar-refractivity contribution in [2.45, 2.75) is 31.6 Å². The standard InChI is InChI=1S/C17H20N2O2/c1-20-11-6-4-5-10(9-11)14-16(21-19-17(14)18)15-12-7-2-3-8-13(12)15/h4-6,9,12-13,15H,2-3,7-8H2,1H3,(H2,18,19). The summed E-state index contributed by atoms with van der Waals surface area (Å²) in [4.78, 5) is 0. The van der Waals surface area contributed by atoms with Crippen molar-refractivity contribution in [3.8, 4) is 16.9 Å². The first-order valence-corrected chi connectivity index (χ1v) is 7.69. The molecule has 0 amide bonds. The Morgan fingerprint density at radius 2 is 2.00 bits per heavy atom. The fourth-order valence-corrected chi connectivity index (χ4v) is 3.99. The smallest absolute Gasteiger partial charge is 0.175 e. The van der Waals surface area contributed by atoms with Crippen LogP contribution in [-0.2, 0) is 0 Å². The van der Waals surface area contributed by atoms with Gasteiger partial charge >= 0.3 is 0 Å². The van der Waals surface area contributed by atoms with Crippen LogP contribution in [0, 0.1) is 11.8 Å². The fourth-order valence-electron chi connectivity index (χ4n) is 3.99. The molecular weight excluding hydrogens is 264 g/mol. The molecular formula is C17H20N2O2. The highest BCUT2D eigenvalue weighted by Gasteiger charge is 2.54. The molecule has 2 saturated carbocycles. The number of benzene rings is 1. The number of nitrogens with zero attached hydrogens (tertiary/aromatic N) is 1. The zero-order valence-corrected chi connectivity index (χ0v) is 12.2. The highest BCUT2D eigenvalue weighted by atomic mass is 16.5. The lowest BCUT2D eigenvalue weighted by Crippen LogP contribution is -1.91. The summed E-state index contributed by atoms with van der Waals surface area (Å²) >= 11 is 0. The number of hydrogen-bond acceptors (Lipinski definition) is 4. The highest BCUT2D eigenvalue weighted by molar-refractivity contribution is 5.77. The van der Waals surface area contributed by atoms with Crippen LogP contribution in [0.4, 0.5) is 5.82 Å². The SMILES string of the molecule is COc1cccc(-c2c(N)noc2C2C3CCCCC32)c1. The maximum Gasteiger partial charge on any atom is 0.175 e. The van der Waals surface area contributed by atoms with Crippen LogP contribution in [0.15, 0.2) is 28.8 Å². The van der Waals surface area contributed by atoms with E-state index in [1.165, 1.54) is 25.7 Å². The van der Waals surface area contributed by atoms with E-state index in [9.17, 15) is 0 Å². The van der Waals surface area contributed by atoms with Crippen molar-refractivity contribution in [3.05, 3.63) is 30.0 Å². The number of nitrogens with two attached hydrogens (primary N) is 1. The number of fused-ring (bicyclic) bond motifs is 1. The van der Waals surface area contributed by atoms with Crippen LogP contribution in [0.25, 0.3) is 11.1 Å². The second-order valence-electron chi connectivity index (χ2n) is 6.18. The number of methoxy groups -OCH3 is 1. The molecule has 0 radical (unpaired) electrons. The predicted molar refractivity (Wildman–Crippen MR) is 81.1 cm³/mol. The number of ether oxygens (including phenoxy) is 1. The maximum atomic E-state index is 6.07. The summed E-state index contributed by atoms with van der Waals surface area (Å²) in [6, 6.07) is 7.95. The van der Waals surface area contributed by atoms with Gasteiger partial charge in [0.1, 0.15) is 11.5 Å². The van der Waals surface area contributed by atoms with Crippen molar-refractivity contribution in [2.75, 3.05) is 12.8 Å². The van der Waals surface area contributed by atoms with Crippen LogP contribution in [0.2, 0.25) is 0 Å². The quantitative estimate of drug-likeness (QED) is 0.930. The van der Waals surface area contributed by atoms with E-state index in [2.05, 4.69) is 5.16 Å². The van der Waals surface area contributed by atoms with Crippen molar-refractivity contribution in [2.24, 2.45) is 11.8 Å². The second-order valence-corrected chi connectivity index (χ2v) is 6.18. The monoisotopic (exact) mass is 284 g/mol. The van der Waals surface area contributed by atoms with E-state index in [-0.39, 0.29) is 0 Å². The zero-order chi connectivity index (χ0) is 14.4. The first-order chi connectivity index (χ1) is 10.3. The summed E-state index contributed by atoms with van der Waals surface area (Å²) in [5, 5.41) is 4.03. The van der Waals surface area contributed by atoms with Crippen LogP contribution in [0.3, 0.4) is 0 Å². The van der Waals surface area contributed by atoms with Crippen LogP contribution in [-0.4, -0.2) is 12.3 Å². The van der Waals surface area contributed by atoms with Gasteiger partial charge in [-0.15, -0.1) is 0 Å². The molecule has 2 N–H and O–H groups in total. The van der Waals surface area contributed by atoms with Crippen molar-refractivity contribution >= 4 is 5.82 Å². The molecule has 2 atom stereocenters. The van der Waals surface area contributed by atoms with E-state index >= 15 is 0 Å². The van der Waals surface area contributed by atoms with E-state index in [1.807, 2.05) is 24.3 Å². The molecule has 0 aliphatic heterocycles. The Kier molecular flexibility index (Phi) is 2.91. The number of hydrogen-bond donors (Lipinski definition) is 1. The van der Waals surface area contributed by atoms with Crippen molar-refractivity contribution < 1.29 is 9.26 Å². The third-order valence-corrected chi connectivity index (χ3v) is 5.06. The molecule has 1 aromatic heterocycles. The summed E-state index contributed by atoms with van der Waals surface area (Å²) in [7, 11) is 1.67. The number of nitrogen functional groups attached to an aromatic ring is 1. The molecule has 4 rings (SSSR count). The van der Waals surface area contributed by atoms with Gasteiger partial charge in [0.25, 0.3) is 0 Å². The van der Waals surface area contributed by atoms with E-state index in [4.69, 9.17) is 15.0 Å². The van der Waals surface area contributed by atoms with Gasteiger partial charge in [0.2, 0.25) is 0 Å². The molecule has 2 unspecified atom stereocenters. The Bertz CT molecular complexity index is 653. The molecule has 2 aromatic rings. The summed E-state index contributed by atoms with van der Waals surface area (Å²) in [6.07, 6.45) is 5.31. The molecule has 4 heteroatoms. The average Bonchev–Trinajstić information content (AvgIpc) is 3.14. The topological polar surface area (TPSA) is 61.3 Å². The predicted octanol–water partition coefficient (Wildman–Crippen LogP) is 3.84. The minimum absolute atomic E-state index is 0.488. The zero-order valence-electron chi connectivity index (χ0n) is 12.2. The Morgan fingerprint density at radius 3 is 2.71 bits per heavy atom. The molecule has 0 bridgehead atoms. The lowest BCUT2D eigenvalue weighted by Gasteiger charge is -2.05. The van der Waals surface area contributed by atoms with Gasteiger partial charge in [0.15, 0.2) is 5.82 Å². The molecule has 21 heavy (non-hydrogen) atoms. The third kappa shape index (κ3) is 2.01. The molecule has 1 heterocycles. The number of anilines is 1. The van der Waals surface area contributed by atoms with Crippen molar-refractivity contribution in [3.63, 3.8) is 0 Å². The minimum Gasteiger partial charge on any atom is -0.497 e. The van der Waals surface area contributed by atoms with E-state index < -0.39 is 0 Å². The minimum atomic E-state index is 0.488. The van der Waals surface area contributed by atoms with Crippen LogP contribution in [0.5, 0.6) is 5.75 Å². The van der Waals surface area contributed by atoms with Gasteiger partial charge in [-0.25, -0.2) is 0 Å². The summed E-state index contributed by atoms with van der Waals surface area (Å²) < 4.78 is 10.9. The molecule has 0 spiro atoms. The molecule has 0 saturated heterocycles. The second kappa shape index (κ2) is 4.79. The van der Waals surface area contributed by atoms with Gasteiger partial charge < -0.3 is 15.0 Å². The van der Waals surface area contributed by atoms with E-state index in [0.29, 0.717) is 11.7 Å². The van der Waals surface area contributed by atoms with Crippen LogP contribution < -0.4 is 10.5 Å². The lowest BCUT2D eigenvalue weighted by atomic mass is 10.0. The molecule has 4 nitrogen and oxygen atoms in total. The normalized spacial score (nSPS) is 27.2. The van der Waals surface area contributed by atoms with Gasteiger partial charge in [0, 0.05) is 5.92 Å². The number of aromatic nitrogens is 1. The van der Waals surface area contributed by atoms with Gasteiger partial charge in [-0.05, 0) is 42.4 Å². The molecule has 1 aromatic carbocycles. The Morgan fingerprint density at radius 1 is 1.24 bits per heavy atom. The number of rotatable bonds is 3. The summed E-state index contributed by atoms with van der Waals surface area (Å²) in [5.41, 5.74) is 8.07. The highest BCUT2D eigenvalue weighted by Crippen LogP contribution is 2.63. The lowest BCUT2D eigenvalue weighted by molar-refractivity contribution is 0.381. The average molecular weight is 284 g/mol. The van der Waals surface area contributed by atoms with Crippen molar-refractivity contribution in [1.82, 2.24) is 5.16 Å². The van der Waals surface area contributed by atoms with Gasteiger partial charge in [-0.2, -0.15) is 0 Å². The maximum absolute atomic E-state index is 6.07. The van der Waals surface area contributed by atoms with Gasteiger partial charge in [0.05, 0.1) is 12.7 Å². The molecule has 2 fully saturated rings. The van der Waals surface area contributed by atoms with E-state index in [1.54, 1.807) is 7.11 Å². The van der Waals surface area contributed by atoms with Crippen molar-refractivity contribution in [1.29, 1.82) is 0 Å².